The largest absolute Gasteiger partial charge is 0.366 e. The summed E-state index contributed by atoms with van der Waals surface area (Å²) >= 11 is 1.66. The molecule has 0 saturated carbocycles. The average molecular weight is 354 g/mol. The maximum Gasteiger partial charge on any atom is 0.250 e. The molecule has 1 aliphatic rings. The zero-order chi connectivity index (χ0) is 17.2. The molecule has 0 unspecified atom stereocenters. The molecule has 0 bridgehead atoms. The van der Waals surface area contributed by atoms with Crippen LogP contribution in [-0.2, 0) is 0 Å². The molecule has 1 amide bonds. The fourth-order valence-electron chi connectivity index (χ4n) is 3.08. The molecule has 0 radical (unpaired) electrons. The average Bonchev–Trinajstić information content (AvgIpc) is 3.33. The van der Waals surface area contributed by atoms with Crippen LogP contribution in [0.3, 0.4) is 0 Å². The second kappa shape index (κ2) is 6.64. The fourth-order valence-corrected chi connectivity index (χ4v) is 3.73. The Morgan fingerprint density at radius 1 is 1.24 bits per heavy atom. The minimum atomic E-state index is -0.453. The first-order chi connectivity index (χ1) is 12.2. The summed E-state index contributed by atoms with van der Waals surface area (Å²) in [5.41, 5.74) is 7.73. The van der Waals surface area contributed by atoms with Gasteiger partial charge in [-0.3, -0.25) is 4.79 Å². The van der Waals surface area contributed by atoms with Crippen molar-refractivity contribution in [3.05, 3.63) is 46.9 Å². The van der Waals surface area contributed by atoms with Gasteiger partial charge in [0.1, 0.15) is 11.5 Å². The zero-order valence-electron chi connectivity index (χ0n) is 13.6. The summed E-state index contributed by atoms with van der Waals surface area (Å²) < 4.78 is 1.98. The number of nitrogens with zero attached hydrogens (tertiary/aromatic N) is 5. The van der Waals surface area contributed by atoms with Gasteiger partial charge in [-0.15, -0.1) is 5.10 Å². The van der Waals surface area contributed by atoms with Crippen molar-refractivity contribution in [2.75, 3.05) is 18.0 Å². The lowest BCUT2D eigenvalue weighted by molar-refractivity contribution is 0.1000. The highest BCUT2D eigenvalue weighted by Gasteiger charge is 2.22. The number of aromatic nitrogens is 4. The van der Waals surface area contributed by atoms with Gasteiger partial charge < -0.3 is 10.6 Å². The van der Waals surface area contributed by atoms with E-state index in [0.29, 0.717) is 11.6 Å². The van der Waals surface area contributed by atoms with Crippen molar-refractivity contribution in [3.8, 4) is 11.3 Å². The maximum absolute atomic E-state index is 11.1. The number of rotatable bonds is 4. The van der Waals surface area contributed by atoms with Crippen molar-refractivity contribution < 1.29 is 4.79 Å². The van der Waals surface area contributed by atoms with Gasteiger partial charge in [0.25, 0.3) is 0 Å². The quantitative estimate of drug-likeness (QED) is 0.777. The third kappa shape index (κ3) is 3.25. The predicted octanol–water partition coefficient (Wildman–Crippen LogP) is 2.34. The van der Waals surface area contributed by atoms with Gasteiger partial charge >= 0.3 is 0 Å². The lowest BCUT2D eigenvalue weighted by atomic mass is 10.1. The van der Waals surface area contributed by atoms with Crippen LogP contribution in [0.4, 0.5) is 5.82 Å². The molecule has 0 aliphatic carbocycles. The Balaban J connectivity index is 1.40. The van der Waals surface area contributed by atoms with E-state index in [1.165, 1.54) is 6.20 Å². The van der Waals surface area contributed by atoms with Crippen LogP contribution < -0.4 is 10.6 Å². The molecule has 128 valence electrons. The second-order valence-corrected chi connectivity index (χ2v) is 6.86. The Morgan fingerprint density at radius 2 is 2.08 bits per heavy atom. The van der Waals surface area contributed by atoms with Gasteiger partial charge in [-0.25, -0.2) is 9.67 Å². The van der Waals surface area contributed by atoms with Crippen molar-refractivity contribution in [2.45, 2.75) is 18.9 Å². The summed E-state index contributed by atoms with van der Waals surface area (Å²) in [6, 6.07) is 5.98. The van der Waals surface area contributed by atoms with Crippen LogP contribution >= 0.6 is 11.3 Å². The molecule has 1 fully saturated rings. The molecule has 7 nitrogen and oxygen atoms in total. The monoisotopic (exact) mass is 354 g/mol. The van der Waals surface area contributed by atoms with Gasteiger partial charge in [0.15, 0.2) is 0 Å². The molecule has 2 N–H and O–H groups in total. The summed E-state index contributed by atoms with van der Waals surface area (Å²) in [6.45, 7) is 1.78. The highest BCUT2D eigenvalue weighted by molar-refractivity contribution is 7.08. The highest BCUT2D eigenvalue weighted by Crippen LogP contribution is 2.27. The number of hydrogen-bond acceptors (Lipinski definition) is 6. The SMILES string of the molecule is NC(=O)c1ccc(N2CCC(n3cc(-c4ccsc4)nn3)CC2)nc1. The fraction of sp³-hybridized carbons (Fsp3) is 0.294. The van der Waals surface area contributed by atoms with Crippen molar-refractivity contribution in [3.63, 3.8) is 0 Å². The predicted molar refractivity (Wildman–Crippen MR) is 96.6 cm³/mol. The molecule has 4 rings (SSSR count). The summed E-state index contributed by atoms with van der Waals surface area (Å²) in [6.07, 6.45) is 5.52. The first-order valence-electron chi connectivity index (χ1n) is 8.16. The van der Waals surface area contributed by atoms with Crippen molar-refractivity contribution in [1.29, 1.82) is 0 Å². The summed E-state index contributed by atoms with van der Waals surface area (Å²) in [5, 5.41) is 12.7. The second-order valence-electron chi connectivity index (χ2n) is 6.08. The molecule has 3 aromatic rings. The third-order valence-electron chi connectivity index (χ3n) is 4.52. The molecule has 4 heterocycles. The number of primary amides is 1. The number of amides is 1. The smallest absolute Gasteiger partial charge is 0.250 e. The normalized spacial score (nSPS) is 15.4. The molecule has 3 aromatic heterocycles. The zero-order valence-corrected chi connectivity index (χ0v) is 14.4. The minimum Gasteiger partial charge on any atom is -0.366 e. The third-order valence-corrected chi connectivity index (χ3v) is 5.21. The van der Waals surface area contributed by atoms with Gasteiger partial charge in [-0.05, 0) is 36.4 Å². The topological polar surface area (TPSA) is 89.9 Å². The molecule has 0 aromatic carbocycles. The first kappa shape index (κ1) is 15.8. The Morgan fingerprint density at radius 3 is 2.72 bits per heavy atom. The lowest BCUT2D eigenvalue weighted by Gasteiger charge is -2.32. The molecule has 25 heavy (non-hydrogen) atoms. The molecule has 0 atom stereocenters. The highest BCUT2D eigenvalue weighted by atomic mass is 32.1. The first-order valence-corrected chi connectivity index (χ1v) is 9.10. The van der Waals surface area contributed by atoms with Crippen molar-refractivity contribution in [1.82, 2.24) is 20.0 Å². The van der Waals surface area contributed by atoms with E-state index in [4.69, 9.17) is 5.73 Å². The van der Waals surface area contributed by atoms with Gasteiger partial charge in [0.2, 0.25) is 5.91 Å². The maximum atomic E-state index is 11.1. The van der Waals surface area contributed by atoms with Crippen LogP contribution in [0, 0.1) is 0 Å². The van der Waals surface area contributed by atoms with Crippen LogP contribution in [0.2, 0.25) is 0 Å². The van der Waals surface area contributed by atoms with E-state index in [9.17, 15) is 4.79 Å². The summed E-state index contributed by atoms with van der Waals surface area (Å²) in [5.74, 6) is 0.423. The molecule has 1 saturated heterocycles. The van der Waals surface area contributed by atoms with Gasteiger partial charge in [0, 0.05) is 30.2 Å². The number of thiophene rings is 1. The molecule has 0 spiro atoms. The number of carbonyl (C=O) groups is 1. The summed E-state index contributed by atoms with van der Waals surface area (Å²) in [4.78, 5) is 17.7. The minimum absolute atomic E-state index is 0.348. The van der Waals surface area contributed by atoms with Crippen LogP contribution in [0.1, 0.15) is 29.2 Å². The van der Waals surface area contributed by atoms with E-state index < -0.39 is 5.91 Å². The van der Waals surface area contributed by atoms with E-state index in [0.717, 1.165) is 43.0 Å². The van der Waals surface area contributed by atoms with Crippen LogP contribution in [0.15, 0.2) is 41.4 Å². The number of nitrogens with two attached hydrogens (primary N) is 1. The molecular weight excluding hydrogens is 336 g/mol. The number of pyridine rings is 1. The lowest BCUT2D eigenvalue weighted by Crippen LogP contribution is -2.35. The van der Waals surface area contributed by atoms with Gasteiger partial charge in [-0.2, -0.15) is 11.3 Å². The Bertz CT molecular complexity index is 850. The number of anilines is 1. The Labute approximate surface area is 149 Å². The molecular formula is C17H18N6OS. The van der Waals surface area contributed by atoms with E-state index in [1.807, 2.05) is 22.3 Å². The van der Waals surface area contributed by atoms with Gasteiger partial charge in [-0.1, -0.05) is 5.21 Å². The molecule has 1 aliphatic heterocycles. The van der Waals surface area contributed by atoms with Crippen LogP contribution in [0.25, 0.3) is 11.3 Å². The standard InChI is InChI=1S/C17H18N6OS/c18-17(24)12-1-2-16(19-9-12)22-6-3-14(4-7-22)23-10-15(20-21-23)13-5-8-25-11-13/h1-2,5,8-11,14H,3-4,6-7H2,(H2,18,24). The Kier molecular flexibility index (Phi) is 4.19. The van der Waals surface area contributed by atoms with Crippen molar-refractivity contribution in [2.24, 2.45) is 5.73 Å². The molecule has 8 heteroatoms. The van der Waals surface area contributed by atoms with Crippen LogP contribution in [-0.4, -0.2) is 39.0 Å². The van der Waals surface area contributed by atoms with Gasteiger partial charge in [0.05, 0.1) is 17.8 Å². The Hall–Kier alpha value is -2.74. The number of hydrogen-bond donors (Lipinski definition) is 1. The van der Waals surface area contributed by atoms with E-state index in [-0.39, 0.29) is 0 Å². The number of carbonyl (C=O) groups excluding carboxylic acids is 1. The van der Waals surface area contributed by atoms with Crippen LogP contribution in [0.5, 0.6) is 0 Å². The van der Waals surface area contributed by atoms with E-state index in [2.05, 4.69) is 31.6 Å². The van der Waals surface area contributed by atoms with E-state index in [1.54, 1.807) is 17.4 Å². The number of piperidine rings is 1. The van der Waals surface area contributed by atoms with E-state index >= 15 is 0 Å². The summed E-state index contributed by atoms with van der Waals surface area (Å²) in [7, 11) is 0. The van der Waals surface area contributed by atoms with Crippen molar-refractivity contribution >= 4 is 23.1 Å².